The van der Waals surface area contributed by atoms with E-state index in [4.69, 9.17) is 21.1 Å². The zero-order valence-electron chi connectivity index (χ0n) is 11.8. The number of carbonyl (C=O) groups is 1. The van der Waals surface area contributed by atoms with Gasteiger partial charge in [0.25, 0.3) is 5.69 Å². The number of carbonyl (C=O) groups excluding carboxylic acids is 1. The molecule has 0 bridgehead atoms. The van der Waals surface area contributed by atoms with Gasteiger partial charge in [-0.15, -0.1) is 0 Å². The van der Waals surface area contributed by atoms with E-state index in [1.54, 1.807) is 0 Å². The molecule has 6 nitrogen and oxygen atoms in total. The number of nitro benzene ring substituents is 1. The minimum absolute atomic E-state index is 0.0854. The number of nitro groups is 1. The van der Waals surface area contributed by atoms with Gasteiger partial charge in [-0.2, -0.15) is 0 Å². The molecule has 0 radical (unpaired) electrons. The van der Waals surface area contributed by atoms with Gasteiger partial charge in [0.1, 0.15) is 12.2 Å². The van der Waals surface area contributed by atoms with E-state index in [9.17, 15) is 14.9 Å². The van der Waals surface area contributed by atoms with Gasteiger partial charge in [-0.25, -0.2) is 4.79 Å². The summed E-state index contributed by atoms with van der Waals surface area (Å²) in [6.07, 6.45) is 1.51. The number of hydrogen-bond donors (Lipinski definition) is 0. The first-order valence-electron chi connectivity index (χ1n) is 6.57. The van der Waals surface area contributed by atoms with E-state index in [2.05, 4.69) is 0 Å². The highest BCUT2D eigenvalue weighted by molar-refractivity contribution is 6.31. The largest absolute Gasteiger partial charge is 0.459 e. The van der Waals surface area contributed by atoms with Crippen LogP contribution in [0.2, 0.25) is 5.02 Å². The molecule has 7 heteroatoms. The van der Waals surface area contributed by atoms with Gasteiger partial charge in [0.2, 0.25) is 0 Å². The van der Waals surface area contributed by atoms with Crippen molar-refractivity contribution in [1.29, 1.82) is 0 Å². The molecule has 1 saturated heterocycles. The Hall–Kier alpha value is -1.66. The van der Waals surface area contributed by atoms with Gasteiger partial charge in [-0.1, -0.05) is 11.6 Å². The second-order valence-electron chi connectivity index (χ2n) is 5.56. The molecule has 1 aliphatic rings. The smallest absolute Gasteiger partial charge is 0.345 e. The first kappa shape index (κ1) is 15.7. The molecule has 1 fully saturated rings. The predicted molar refractivity (Wildman–Crippen MR) is 76.6 cm³/mol. The average molecular weight is 314 g/mol. The summed E-state index contributed by atoms with van der Waals surface area (Å²) in [4.78, 5) is 22.3. The van der Waals surface area contributed by atoms with Crippen molar-refractivity contribution in [3.8, 4) is 0 Å². The second kappa shape index (κ2) is 5.99. The van der Waals surface area contributed by atoms with E-state index in [-0.39, 0.29) is 34.6 Å². The van der Waals surface area contributed by atoms with E-state index in [1.165, 1.54) is 12.1 Å². The Labute approximate surface area is 127 Å². The number of ether oxygens (including phenoxy) is 2. The van der Waals surface area contributed by atoms with Gasteiger partial charge < -0.3 is 9.47 Å². The highest BCUT2D eigenvalue weighted by atomic mass is 35.5. The van der Waals surface area contributed by atoms with E-state index < -0.39 is 10.9 Å². The summed E-state index contributed by atoms with van der Waals surface area (Å²) < 4.78 is 10.8. The summed E-state index contributed by atoms with van der Waals surface area (Å²) in [5, 5.41) is 11.1. The molecule has 1 aromatic rings. The first-order valence-corrected chi connectivity index (χ1v) is 6.95. The second-order valence-corrected chi connectivity index (χ2v) is 5.99. The molecule has 2 rings (SSSR count). The van der Waals surface area contributed by atoms with Gasteiger partial charge in [0.15, 0.2) is 0 Å². The molecule has 1 heterocycles. The molecular weight excluding hydrogens is 298 g/mol. The van der Waals surface area contributed by atoms with E-state index in [1.807, 2.05) is 13.8 Å². The first-order chi connectivity index (χ1) is 9.78. The number of esters is 1. The van der Waals surface area contributed by atoms with Crippen molar-refractivity contribution in [3.05, 3.63) is 38.9 Å². The fraction of sp³-hybridized carbons (Fsp3) is 0.500. The van der Waals surface area contributed by atoms with Gasteiger partial charge in [0.05, 0.1) is 16.6 Å². The number of hydrogen-bond acceptors (Lipinski definition) is 5. The summed E-state index contributed by atoms with van der Waals surface area (Å²) in [6.45, 7) is 4.03. The number of rotatable bonds is 4. The Kier molecular flexibility index (Phi) is 4.49. The van der Waals surface area contributed by atoms with Crippen LogP contribution in [0.15, 0.2) is 18.2 Å². The minimum atomic E-state index is -0.744. The summed E-state index contributed by atoms with van der Waals surface area (Å²) >= 11 is 5.70. The van der Waals surface area contributed by atoms with Crippen LogP contribution in [0, 0.1) is 10.1 Å². The average Bonchev–Trinajstić information content (AvgIpc) is 2.75. The standard InChI is InChI=1S/C14H16ClNO5/c1-14(2)6-5-10(21-14)8-20-13(17)11-4-3-9(15)7-12(11)16(18)19/h3-4,7,10H,5-6,8H2,1-2H3. The van der Waals surface area contributed by atoms with Gasteiger partial charge in [0, 0.05) is 11.1 Å². The summed E-state index contributed by atoms with van der Waals surface area (Å²) in [5.41, 5.74) is -0.689. The summed E-state index contributed by atoms with van der Waals surface area (Å²) in [6, 6.07) is 3.84. The van der Waals surface area contributed by atoms with Crippen LogP contribution < -0.4 is 0 Å². The molecule has 0 amide bonds. The lowest BCUT2D eigenvalue weighted by atomic mass is 10.1. The third-order valence-corrected chi connectivity index (χ3v) is 3.57. The molecule has 0 N–H and O–H groups in total. The van der Waals surface area contributed by atoms with Crippen LogP contribution in [0.25, 0.3) is 0 Å². The lowest BCUT2D eigenvalue weighted by Crippen LogP contribution is -2.24. The quantitative estimate of drug-likeness (QED) is 0.484. The van der Waals surface area contributed by atoms with Crippen LogP contribution in [0.1, 0.15) is 37.0 Å². The van der Waals surface area contributed by atoms with Crippen LogP contribution in [0.5, 0.6) is 0 Å². The van der Waals surface area contributed by atoms with E-state index in [0.29, 0.717) is 0 Å². The number of nitrogens with zero attached hydrogens (tertiary/aromatic N) is 1. The zero-order valence-corrected chi connectivity index (χ0v) is 12.6. The molecule has 1 aromatic carbocycles. The molecule has 0 aliphatic carbocycles. The zero-order chi connectivity index (χ0) is 15.6. The fourth-order valence-corrected chi connectivity index (χ4v) is 2.44. The van der Waals surface area contributed by atoms with E-state index in [0.717, 1.165) is 18.9 Å². The third kappa shape index (κ3) is 3.92. The van der Waals surface area contributed by atoms with Crippen molar-refractivity contribution in [3.63, 3.8) is 0 Å². The lowest BCUT2D eigenvalue weighted by Gasteiger charge is -2.19. The molecule has 114 valence electrons. The molecule has 0 spiro atoms. The maximum Gasteiger partial charge on any atom is 0.345 e. The summed E-state index contributed by atoms with van der Waals surface area (Å²) in [7, 11) is 0. The number of benzene rings is 1. The van der Waals surface area contributed by atoms with Crippen LogP contribution in [0.3, 0.4) is 0 Å². The van der Waals surface area contributed by atoms with Gasteiger partial charge >= 0.3 is 5.97 Å². The Morgan fingerprint density at radius 3 is 2.86 bits per heavy atom. The lowest BCUT2D eigenvalue weighted by molar-refractivity contribution is -0.385. The molecule has 1 aliphatic heterocycles. The Morgan fingerprint density at radius 1 is 1.57 bits per heavy atom. The van der Waals surface area contributed by atoms with Gasteiger partial charge in [-0.3, -0.25) is 10.1 Å². The van der Waals surface area contributed by atoms with Crippen molar-refractivity contribution < 1.29 is 19.2 Å². The van der Waals surface area contributed by atoms with Crippen LogP contribution >= 0.6 is 11.6 Å². The highest BCUT2D eigenvalue weighted by Crippen LogP contribution is 2.30. The van der Waals surface area contributed by atoms with Crippen molar-refractivity contribution in [1.82, 2.24) is 0 Å². The minimum Gasteiger partial charge on any atom is -0.459 e. The maximum absolute atomic E-state index is 12.0. The fourth-order valence-electron chi connectivity index (χ4n) is 2.27. The normalized spacial score (nSPS) is 20.2. The van der Waals surface area contributed by atoms with Crippen LogP contribution in [-0.2, 0) is 9.47 Å². The highest BCUT2D eigenvalue weighted by Gasteiger charge is 2.32. The van der Waals surface area contributed by atoms with Crippen LogP contribution in [0.4, 0.5) is 5.69 Å². The molecule has 1 unspecified atom stereocenters. The predicted octanol–water partition coefficient (Wildman–Crippen LogP) is 3.36. The van der Waals surface area contributed by atoms with Gasteiger partial charge in [-0.05, 0) is 38.8 Å². The Bertz CT molecular complexity index is 572. The number of halogens is 1. The van der Waals surface area contributed by atoms with E-state index >= 15 is 0 Å². The SMILES string of the molecule is CC1(C)CCC(COC(=O)c2ccc(Cl)cc2[N+](=O)[O-])O1. The third-order valence-electron chi connectivity index (χ3n) is 3.33. The molecule has 21 heavy (non-hydrogen) atoms. The molecule has 0 saturated carbocycles. The van der Waals surface area contributed by atoms with Crippen molar-refractivity contribution in [2.45, 2.75) is 38.4 Å². The topological polar surface area (TPSA) is 78.7 Å². The maximum atomic E-state index is 12.0. The molecule has 1 atom stereocenters. The molecular formula is C14H16ClNO5. The van der Waals surface area contributed by atoms with Crippen molar-refractivity contribution >= 4 is 23.3 Å². The summed E-state index contributed by atoms with van der Waals surface area (Å²) in [5.74, 6) is -0.744. The Morgan fingerprint density at radius 2 is 2.29 bits per heavy atom. The van der Waals surface area contributed by atoms with Crippen molar-refractivity contribution in [2.24, 2.45) is 0 Å². The Balaban J connectivity index is 2.03. The molecule has 0 aromatic heterocycles. The van der Waals surface area contributed by atoms with Crippen LogP contribution in [-0.4, -0.2) is 29.2 Å². The monoisotopic (exact) mass is 313 g/mol. The van der Waals surface area contributed by atoms with Crippen molar-refractivity contribution in [2.75, 3.05) is 6.61 Å².